The first-order valence-corrected chi connectivity index (χ1v) is 4.06. The van der Waals surface area contributed by atoms with Crippen molar-refractivity contribution in [3.63, 3.8) is 0 Å². The van der Waals surface area contributed by atoms with E-state index in [9.17, 15) is 4.79 Å². The predicted molar refractivity (Wildman–Crippen MR) is 45.6 cm³/mol. The summed E-state index contributed by atoms with van der Waals surface area (Å²) in [6.07, 6.45) is 6.31. The summed E-state index contributed by atoms with van der Waals surface area (Å²) in [5.74, 6) is 0.237. The van der Waals surface area contributed by atoms with E-state index in [1.807, 2.05) is 6.08 Å². The first-order valence-electron chi connectivity index (χ1n) is 3.69. The number of rotatable bonds is 1. The van der Waals surface area contributed by atoms with E-state index in [1.165, 1.54) is 0 Å². The van der Waals surface area contributed by atoms with E-state index in [0.717, 1.165) is 11.9 Å². The molecule has 0 amide bonds. The lowest BCUT2D eigenvalue weighted by atomic mass is 9.94. The Morgan fingerprint density at radius 1 is 1.67 bits per heavy atom. The number of halogens is 1. The van der Waals surface area contributed by atoms with Crippen molar-refractivity contribution in [2.45, 2.75) is 0 Å². The number of carbonyl (C=O) groups is 1. The smallest absolute Gasteiger partial charge is 0.190 e. The van der Waals surface area contributed by atoms with Gasteiger partial charge in [0.2, 0.25) is 0 Å². The molecule has 0 saturated heterocycles. The van der Waals surface area contributed by atoms with Gasteiger partial charge < -0.3 is 4.74 Å². The van der Waals surface area contributed by atoms with Crippen LogP contribution in [0.3, 0.4) is 0 Å². The van der Waals surface area contributed by atoms with Crippen molar-refractivity contribution in [1.82, 2.24) is 0 Å². The third kappa shape index (κ3) is 1.08. The average molecular weight is 183 g/mol. The molecule has 0 radical (unpaired) electrons. The maximum absolute atomic E-state index is 10.4. The fourth-order valence-corrected chi connectivity index (χ4v) is 1.59. The zero-order valence-corrected chi connectivity index (χ0v) is 7.04. The molecular weight excluding hydrogens is 176 g/mol. The van der Waals surface area contributed by atoms with Crippen LogP contribution in [0.15, 0.2) is 34.6 Å². The minimum atomic E-state index is 0.237. The highest BCUT2D eigenvalue weighted by Gasteiger charge is 2.24. The summed E-state index contributed by atoms with van der Waals surface area (Å²) < 4.78 is 5.13. The largest absolute Gasteiger partial charge is 0.482 e. The van der Waals surface area contributed by atoms with Gasteiger partial charge in [0.1, 0.15) is 6.29 Å². The van der Waals surface area contributed by atoms with E-state index < -0.39 is 0 Å². The quantitative estimate of drug-likeness (QED) is 0.578. The average Bonchev–Trinajstić information content (AvgIpc) is 2.47. The van der Waals surface area contributed by atoms with Gasteiger partial charge in [0, 0.05) is 17.1 Å². The molecular formula is C9H7ClO2. The maximum Gasteiger partial charge on any atom is 0.190 e. The van der Waals surface area contributed by atoms with Crippen LogP contribution in [0.25, 0.3) is 0 Å². The molecule has 0 fully saturated rings. The molecule has 0 saturated carbocycles. The molecule has 1 heterocycles. The molecule has 0 aromatic heterocycles. The summed E-state index contributed by atoms with van der Waals surface area (Å²) in [6, 6.07) is 0. The lowest BCUT2D eigenvalue weighted by Crippen LogP contribution is -2.03. The summed E-state index contributed by atoms with van der Waals surface area (Å²) in [7, 11) is 0. The highest BCUT2D eigenvalue weighted by atomic mass is 35.5. The standard InChI is InChI=1S/C9H7ClO2/c10-9-8-3-6(4-11)1-2-7(8)5-12-9/h1-4,7H,5H2. The van der Waals surface area contributed by atoms with E-state index in [0.29, 0.717) is 17.4 Å². The van der Waals surface area contributed by atoms with Crippen LogP contribution >= 0.6 is 11.6 Å². The van der Waals surface area contributed by atoms with Crippen LogP contribution in [0.5, 0.6) is 0 Å². The first-order chi connectivity index (χ1) is 5.81. The molecule has 62 valence electrons. The monoisotopic (exact) mass is 182 g/mol. The highest BCUT2D eigenvalue weighted by Crippen LogP contribution is 2.33. The molecule has 1 unspecified atom stereocenters. The van der Waals surface area contributed by atoms with Gasteiger partial charge in [-0.05, 0) is 17.7 Å². The molecule has 2 rings (SSSR count). The van der Waals surface area contributed by atoms with Crippen LogP contribution < -0.4 is 0 Å². The third-order valence-electron chi connectivity index (χ3n) is 2.00. The Morgan fingerprint density at radius 3 is 3.25 bits per heavy atom. The Balaban J connectivity index is 2.39. The van der Waals surface area contributed by atoms with Crippen LogP contribution in [-0.2, 0) is 9.53 Å². The van der Waals surface area contributed by atoms with Crippen molar-refractivity contribution in [2.75, 3.05) is 6.61 Å². The summed E-state index contributed by atoms with van der Waals surface area (Å²) in [5, 5.41) is 0.420. The second kappa shape index (κ2) is 2.79. The number of aldehydes is 1. The molecule has 0 aromatic carbocycles. The van der Waals surface area contributed by atoms with Crippen LogP contribution in [0.1, 0.15) is 0 Å². The van der Waals surface area contributed by atoms with E-state index in [1.54, 1.807) is 12.2 Å². The lowest BCUT2D eigenvalue weighted by Gasteiger charge is -2.08. The Hall–Kier alpha value is -1.02. The number of allylic oxidation sites excluding steroid dienone is 3. The molecule has 0 spiro atoms. The molecule has 2 aliphatic rings. The SMILES string of the molecule is O=CC1=CC2=C(Cl)OCC2C=C1. The summed E-state index contributed by atoms with van der Waals surface area (Å²) in [6.45, 7) is 0.591. The van der Waals surface area contributed by atoms with E-state index in [2.05, 4.69) is 0 Å². The van der Waals surface area contributed by atoms with Crippen LogP contribution in [0, 0.1) is 5.92 Å². The number of fused-ring (bicyclic) bond motifs is 1. The lowest BCUT2D eigenvalue weighted by molar-refractivity contribution is -0.104. The fourth-order valence-electron chi connectivity index (χ4n) is 1.33. The normalized spacial score (nSPS) is 26.4. The Morgan fingerprint density at radius 2 is 2.50 bits per heavy atom. The summed E-state index contributed by atoms with van der Waals surface area (Å²) >= 11 is 5.77. The molecule has 1 aliphatic heterocycles. The van der Waals surface area contributed by atoms with Gasteiger partial charge in [-0.15, -0.1) is 0 Å². The fraction of sp³-hybridized carbons (Fsp3) is 0.222. The van der Waals surface area contributed by atoms with Crippen molar-refractivity contribution in [3.8, 4) is 0 Å². The summed E-state index contributed by atoms with van der Waals surface area (Å²) in [5.41, 5.74) is 1.56. The zero-order valence-electron chi connectivity index (χ0n) is 6.29. The van der Waals surface area contributed by atoms with E-state index in [-0.39, 0.29) is 5.92 Å². The van der Waals surface area contributed by atoms with Gasteiger partial charge in [-0.3, -0.25) is 4.79 Å². The second-order valence-electron chi connectivity index (χ2n) is 2.77. The molecule has 1 aliphatic carbocycles. The molecule has 0 aromatic rings. The Kier molecular flexibility index (Phi) is 1.77. The van der Waals surface area contributed by atoms with E-state index in [4.69, 9.17) is 16.3 Å². The van der Waals surface area contributed by atoms with Gasteiger partial charge >= 0.3 is 0 Å². The maximum atomic E-state index is 10.4. The number of hydrogen-bond donors (Lipinski definition) is 0. The number of ether oxygens (including phenoxy) is 1. The van der Waals surface area contributed by atoms with Gasteiger partial charge in [-0.2, -0.15) is 0 Å². The van der Waals surface area contributed by atoms with Crippen molar-refractivity contribution in [2.24, 2.45) is 5.92 Å². The molecule has 0 N–H and O–H groups in total. The van der Waals surface area contributed by atoms with Gasteiger partial charge in [-0.25, -0.2) is 0 Å². The molecule has 2 nitrogen and oxygen atoms in total. The first kappa shape index (κ1) is 7.62. The van der Waals surface area contributed by atoms with Gasteiger partial charge in [0.15, 0.2) is 5.22 Å². The number of hydrogen-bond acceptors (Lipinski definition) is 2. The summed E-state index contributed by atoms with van der Waals surface area (Å²) in [4.78, 5) is 10.4. The van der Waals surface area contributed by atoms with Crippen LogP contribution in [-0.4, -0.2) is 12.9 Å². The molecule has 1 atom stereocenters. The third-order valence-corrected chi connectivity index (χ3v) is 2.32. The zero-order chi connectivity index (χ0) is 8.55. The van der Waals surface area contributed by atoms with E-state index >= 15 is 0 Å². The van der Waals surface area contributed by atoms with Crippen molar-refractivity contribution in [1.29, 1.82) is 0 Å². The predicted octanol–water partition coefficient (Wildman–Crippen LogP) is 1.78. The van der Waals surface area contributed by atoms with Crippen LogP contribution in [0.2, 0.25) is 0 Å². The van der Waals surface area contributed by atoms with Crippen molar-refractivity contribution < 1.29 is 9.53 Å². The minimum Gasteiger partial charge on any atom is -0.482 e. The molecule has 3 heteroatoms. The van der Waals surface area contributed by atoms with Crippen molar-refractivity contribution >= 4 is 17.9 Å². The van der Waals surface area contributed by atoms with Gasteiger partial charge in [0.25, 0.3) is 0 Å². The topological polar surface area (TPSA) is 26.3 Å². The minimum absolute atomic E-state index is 0.237. The van der Waals surface area contributed by atoms with Crippen molar-refractivity contribution in [3.05, 3.63) is 34.6 Å². The Bertz CT molecular complexity index is 312. The number of carbonyl (C=O) groups excluding carboxylic acids is 1. The Labute approximate surface area is 75.2 Å². The van der Waals surface area contributed by atoms with Gasteiger partial charge in [0.05, 0.1) is 6.61 Å². The second-order valence-corrected chi connectivity index (χ2v) is 3.11. The van der Waals surface area contributed by atoms with Crippen LogP contribution in [0.4, 0.5) is 0 Å². The molecule has 12 heavy (non-hydrogen) atoms. The highest BCUT2D eigenvalue weighted by molar-refractivity contribution is 6.29. The van der Waals surface area contributed by atoms with Gasteiger partial charge in [-0.1, -0.05) is 12.2 Å². The molecule has 0 bridgehead atoms.